The Hall–Kier alpha value is -1.31. The van der Waals surface area contributed by atoms with E-state index in [-0.39, 0.29) is 11.5 Å². The van der Waals surface area contributed by atoms with Crippen LogP contribution in [0.5, 0.6) is 0 Å². The highest BCUT2D eigenvalue weighted by Crippen LogP contribution is 2.32. The lowest BCUT2D eigenvalue weighted by Gasteiger charge is -2.21. The molecule has 0 bridgehead atoms. The molecule has 0 aliphatic carbocycles. The Morgan fingerprint density at radius 3 is 2.79 bits per heavy atom. The van der Waals surface area contributed by atoms with Crippen molar-refractivity contribution in [1.29, 1.82) is 0 Å². The summed E-state index contributed by atoms with van der Waals surface area (Å²) in [5, 5.41) is 4.26. The van der Waals surface area contributed by atoms with Crippen molar-refractivity contribution in [2.45, 2.75) is 45.7 Å². The van der Waals surface area contributed by atoms with Crippen LogP contribution >= 0.6 is 11.5 Å². The van der Waals surface area contributed by atoms with Crippen LogP contribution in [0.1, 0.15) is 50.1 Å². The highest BCUT2D eigenvalue weighted by Gasteiger charge is 2.29. The first-order valence-electron chi connectivity index (χ1n) is 6.29. The van der Waals surface area contributed by atoms with Crippen molar-refractivity contribution >= 4 is 11.5 Å². The predicted octanol–water partition coefficient (Wildman–Crippen LogP) is 1.60. The number of hydrogen-bond donors (Lipinski definition) is 2. The Kier molecular flexibility index (Phi) is 3.98. The van der Waals surface area contributed by atoms with Crippen LogP contribution in [0.4, 0.5) is 0 Å². The molecule has 1 unspecified atom stereocenters. The predicted molar refractivity (Wildman–Crippen MR) is 75.7 cm³/mol. The molecule has 0 aliphatic heterocycles. The number of rotatable bonds is 4. The lowest BCUT2D eigenvalue weighted by atomic mass is 9.90. The van der Waals surface area contributed by atoms with Gasteiger partial charge in [-0.3, -0.25) is 5.84 Å². The summed E-state index contributed by atoms with van der Waals surface area (Å²) >= 11 is 1.37. The van der Waals surface area contributed by atoms with Crippen LogP contribution in [0.25, 0.3) is 0 Å². The van der Waals surface area contributed by atoms with E-state index >= 15 is 0 Å². The third kappa shape index (κ3) is 2.68. The molecular weight excluding hydrogens is 260 g/mol. The molecule has 0 fully saturated rings. The normalized spacial score (nSPS) is 13.7. The van der Waals surface area contributed by atoms with E-state index in [9.17, 15) is 0 Å². The third-order valence-electron chi connectivity index (χ3n) is 3.00. The van der Waals surface area contributed by atoms with Gasteiger partial charge >= 0.3 is 0 Å². The number of aryl methyl sites for hydroxylation is 1. The first-order valence-corrected chi connectivity index (χ1v) is 7.06. The number of nitrogens with two attached hydrogens (primary N) is 1. The first-order chi connectivity index (χ1) is 8.99. The lowest BCUT2D eigenvalue weighted by molar-refractivity contribution is 0.524. The molecule has 0 saturated heterocycles. The van der Waals surface area contributed by atoms with Crippen molar-refractivity contribution in [2.24, 2.45) is 5.84 Å². The van der Waals surface area contributed by atoms with Gasteiger partial charge in [0.05, 0.1) is 10.6 Å². The quantitative estimate of drug-likeness (QED) is 0.657. The summed E-state index contributed by atoms with van der Waals surface area (Å²) in [6.45, 7) is 9.28. The van der Waals surface area contributed by atoms with E-state index in [1.54, 1.807) is 6.20 Å². The molecule has 104 valence electrons. The van der Waals surface area contributed by atoms with Gasteiger partial charge in [-0.05, 0) is 18.5 Å². The molecule has 1 atom stereocenters. The average Bonchev–Trinajstić information content (AvgIpc) is 2.97. The van der Waals surface area contributed by atoms with Crippen molar-refractivity contribution in [3.63, 3.8) is 0 Å². The maximum absolute atomic E-state index is 5.74. The maximum Gasteiger partial charge on any atom is 0.132 e. The molecule has 0 spiro atoms. The van der Waals surface area contributed by atoms with Crippen molar-refractivity contribution in [3.05, 3.63) is 28.8 Å². The average molecular weight is 280 g/mol. The number of imidazole rings is 1. The summed E-state index contributed by atoms with van der Waals surface area (Å²) in [5.74, 6) is 6.63. The van der Waals surface area contributed by atoms with E-state index in [4.69, 9.17) is 5.84 Å². The maximum atomic E-state index is 5.74. The first kappa shape index (κ1) is 14.1. The van der Waals surface area contributed by atoms with Crippen LogP contribution in [-0.4, -0.2) is 19.1 Å². The Morgan fingerprint density at radius 2 is 2.21 bits per heavy atom. The summed E-state index contributed by atoms with van der Waals surface area (Å²) in [5.41, 5.74) is 3.74. The van der Waals surface area contributed by atoms with Gasteiger partial charge in [0.25, 0.3) is 0 Å². The molecule has 2 aromatic heterocycles. The number of aromatic nitrogens is 4. The van der Waals surface area contributed by atoms with Crippen LogP contribution < -0.4 is 11.3 Å². The zero-order valence-electron chi connectivity index (χ0n) is 11.7. The second-order valence-electron chi connectivity index (χ2n) is 5.41. The van der Waals surface area contributed by atoms with Gasteiger partial charge in [0.1, 0.15) is 11.9 Å². The van der Waals surface area contributed by atoms with Crippen LogP contribution in [0.3, 0.4) is 0 Å². The number of nitrogens with one attached hydrogen (secondary N) is 1. The molecule has 0 aromatic carbocycles. The van der Waals surface area contributed by atoms with E-state index in [0.29, 0.717) is 0 Å². The van der Waals surface area contributed by atoms with Gasteiger partial charge in [-0.1, -0.05) is 25.3 Å². The molecule has 0 radical (unpaired) electrons. The molecule has 0 aliphatic rings. The summed E-state index contributed by atoms with van der Waals surface area (Å²) in [6, 6.07) is -0.177. The Bertz CT molecular complexity index is 538. The van der Waals surface area contributed by atoms with Crippen molar-refractivity contribution in [1.82, 2.24) is 24.6 Å². The summed E-state index contributed by atoms with van der Waals surface area (Å²) < 4.78 is 6.15. The summed E-state index contributed by atoms with van der Waals surface area (Å²) in [4.78, 5) is 5.43. The molecule has 2 aromatic rings. The molecule has 7 heteroatoms. The second kappa shape index (κ2) is 5.36. The molecule has 2 rings (SSSR count). The highest BCUT2D eigenvalue weighted by atomic mass is 32.1. The molecule has 19 heavy (non-hydrogen) atoms. The van der Waals surface area contributed by atoms with Gasteiger partial charge in [-0.15, -0.1) is 5.10 Å². The minimum atomic E-state index is -0.177. The number of hydrogen-bond acceptors (Lipinski definition) is 6. The fourth-order valence-electron chi connectivity index (χ4n) is 2.02. The van der Waals surface area contributed by atoms with Gasteiger partial charge in [-0.2, -0.15) is 0 Å². The van der Waals surface area contributed by atoms with Crippen molar-refractivity contribution in [3.8, 4) is 0 Å². The fraction of sp³-hybridized carbons (Fsp3) is 0.583. The van der Waals surface area contributed by atoms with Gasteiger partial charge in [0, 0.05) is 24.4 Å². The van der Waals surface area contributed by atoms with Crippen LogP contribution in [0.15, 0.2) is 12.4 Å². The van der Waals surface area contributed by atoms with E-state index in [1.807, 2.05) is 6.20 Å². The zero-order valence-corrected chi connectivity index (χ0v) is 12.5. The Morgan fingerprint density at radius 1 is 1.47 bits per heavy atom. The SMILES string of the molecule is CCn1ccnc1C(NN)c1snnc1C(C)(C)C. The largest absolute Gasteiger partial charge is 0.334 e. The molecule has 2 heterocycles. The molecule has 3 N–H and O–H groups in total. The van der Waals surface area contributed by atoms with E-state index in [2.05, 4.69) is 52.3 Å². The highest BCUT2D eigenvalue weighted by molar-refractivity contribution is 7.05. The number of hydrazine groups is 1. The topological polar surface area (TPSA) is 81.7 Å². The van der Waals surface area contributed by atoms with Crippen LogP contribution in [0, 0.1) is 0 Å². The van der Waals surface area contributed by atoms with Crippen LogP contribution in [0.2, 0.25) is 0 Å². The van der Waals surface area contributed by atoms with Crippen molar-refractivity contribution in [2.75, 3.05) is 0 Å². The van der Waals surface area contributed by atoms with Gasteiger partial charge in [0.15, 0.2) is 0 Å². The van der Waals surface area contributed by atoms with E-state index in [0.717, 1.165) is 22.9 Å². The summed E-state index contributed by atoms with van der Waals surface area (Å²) in [6.07, 6.45) is 3.74. The standard InChI is InChI=1S/C12H20N6S/c1-5-18-7-6-14-11(18)8(15-13)9-10(12(2,3)4)16-17-19-9/h6-8,15H,5,13H2,1-4H3. The van der Waals surface area contributed by atoms with Gasteiger partial charge in [0.2, 0.25) is 0 Å². The molecule has 0 amide bonds. The van der Waals surface area contributed by atoms with E-state index < -0.39 is 0 Å². The van der Waals surface area contributed by atoms with Gasteiger partial charge in [-0.25, -0.2) is 10.4 Å². The van der Waals surface area contributed by atoms with E-state index in [1.165, 1.54) is 11.5 Å². The van der Waals surface area contributed by atoms with Gasteiger partial charge < -0.3 is 4.57 Å². The lowest BCUT2D eigenvalue weighted by Crippen LogP contribution is -2.32. The van der Waals surface area contributed by atoms with Crippen LogP contribution in [-0.2, 0) is 12.0 Å². The monoisotopic (exact) mass is 280 g/mol. The minimum Gasteiger partial charge on any atom is -0.334 e. The smallest absolute Gasteiger partial charge is 0.132 e. The third-order valence-corrected chi connectivity index (χ3v) is 3.79. The minimum absolute atomic E-state index is 0.0684. The Labute approximate surface area is 117 Å². The van der Waals surface area contributed by atoms with Crippen molar-refractivity contribution < 1.29 is 0 Å². The molecular formula is C12H20N6S. The molecule has 0 saturated carbocycles. The summed E-state index contributed by atoms with van der Waals surface area (Å²) in [7, 11) is 0. The second-order valence-corrected chi connectivity index (χ2v) is 6.19. The molecule has 6 nitrogen and oxygen atoms in total. The Balaban J connectivity index is 2.47. The number of nitrogens with zero attached hydrogens (tertiary/aromatic N) is 4. The zero-order chi connectivity index (χ0) is 14.0. The fourth-order valence-corrected chi connectivity index (χ4v) is 2.95.